The third-order valence-corrected chi connectivity index (χ3v) is 4.63. The van der Waals surface area contributed by atoms with Gasteiger partial charge in [-0.3, -0.25) is 9.59 Å². The summed E-state index contributed by atoms with van der Waals surface area (Å²) in [5.41, 5.74) is 13.9. The topological polar surface area (TPSA) is 130 Å². The maximum absolute atomic E-state index is 12.3. The normalized spacial score (nSPS) is 13.9. The molecule has 2 aromatic rings. The van der Waals surface area contributed by atoms with Crippen LogP contribution in [0.15, 0.2) is 60.7 Å². The average Bonchev–Trinajstić information content (AvgIpc) is 2.74. The monoisotopic (exact) mass is 398 g/mol. The maximum atomic E-state index is 12.3. The lowest BCUT2D eigenvalue weighted by molar-refractivity contribution is -0.123. The van der Waals surface area contributed by atoms with Gasteiger partial charge in [-0.2, -0.15) is 0 Å². The Kier molecular flexibility index (Phi) is 9.30. The zero-order chi connectivity index (χ0) is 21.1. The molecule has 0 radical (unpaired) electrons. The van der Waals surface area contributed by atoms with Crippen LogP contribution in [-0.2, 0) is 22.4 Å². The first-order chi connectivity index (χ1) is 14.0. The third-order valence-electron chi connectivity index (χ3n) is 4.63. The van der Waals surface area contributed by atoms with Crippen LogP contribution < -0.4 is 22.1 Å². The van der Waals surface area contributed by atoms with E-state index in [4.69, 9.17) is 11.5 Å². The number of amides is 2. The summed E-state index contributed by atoms with van der Waals surface area (Å²) in [5, 5.41) is 15.0. The Hall–Kier alpha value is -2.74. The van der Waals surface area contributed by atoms with E-state index < -0.39 is 18.1 Å². The molecule has 7 N–H and O–H groups in total. The van der Waals surface area contributed by atoms with Crippen LogP contribution in [0.25, 0.3) is 0 Å². The number of hydrogen-bond acceptors (Lipinski definition) is 5. The van der Waals surface area contributed by atoms with Crippen LogP contribution in [-0.4, -0.2) is 48.2 Å². The van der Waals surface area contributed by atoms with Crippen molar-refractivity contribution < 1.29 is 14.7 Å². The van der Waals surface area contributed by atoms with Crippen molar-refractivity contribution in [2.75, 3.05) is 13.2 Å². The summed E-state index contributed by atoms with van der Waals surface area (Å²) < 4.78 is 0. The van der Waals surface area contributed by atoms with Gasteiger partial charge in [0.25, 0.3) is 0 Å². The van der Waals surface area contributed by atoms with Gasteiger partial charge >= 0.3 is 0 Å². The molecular weight excluding hydrogens is 368 g/mol. The second-order valence-corrected chi connectivity index (χ2v) is 7.06. The molecule has 2 amide bonds. The molecule has 0 heterocycles. The second kappa shape index (κ2) is 12.0. The van der Waals surface area contributed by atoms with Crippen LogP contribution in [0.3, 0.4) is 0 Å². The Morgan fingerprint density at radius 1 is 0.828 bits per heavy atom. The van der Waals surface area contributed by atoms with Crippen LogP contribution in [0.4, 0.5) is 0 Å². The molecule has 2 rings (SSSR count). The molecule has 7 heteroatoms. The minimum Gasteiger partial charge on any atom is -0.394 e. The molecule has 0 aliphatic heterocycles. The number of aliphatic hydroxyl groups excluding tert-OH is 1. The van der Waals surface area contributed by atoms with Crippen molar-refractivity contribution in [1.82, 2.24) is 10.6 Å². The number of rotatable bonds is 11. The van der Waals surface area contributed by atoms with Crippen molar-refractivity contribution in [2.24, 2.45) is 11.5 Å². The molecule has 0 spiro atoms. The first-order valence-electron chi connectivity index (χ1n) is 9.77. The van der Waals surface area contributed by atoms with Gasteiger partial charge in [-0.25, -0.2) is 0 Å². The van der Waals surface area contributed by atoms with E-state index in [1.807, 2.05) is 60.7 Å². The van der Waals surface area contributed by atoms with Gasteiger partial charge in [0.1, 0.15) is 0 Å². The molecule has 3 atom stereocenters. The van der Waals surface area contributed by atoms with Gasteiger partial charge in [0.2, 0.25) is 11.8 Å². The Morgan fingerprint density at radius 2 is 1.31 bits per heavy atom. The Bertz CT molecular complexity index is 755. The molecule has 0 fully saturated rings. The van der Waals surface area contributed by atoms with E-state index in [-0.39, 0.29) is 18.4 Å². The largest absolute Gasteiger partial charge is 0.394 e. The van der Waals surface area contributed by atoms with Crippen molar-refractivity contribution in [2.45, 2.75) is 37.4 Å². The Labute approximate surface area is 171 Å². The number of hydrogen-bond donors (Lipinski definition) is 5. The van der Waals surface area contributed by atoms with Gasteiger partial charge in [-0.1, -0.05) is 60.7 Å². The van der Waals surface area contributed by atoms with E-state index >= 15 is 0 Å². The fraction of sp³-hybridized carbons (Fsp3) is 0.364. The van der Waals surface area contributed by atoms with Crippen molar-refractivity contribution in [1.29, 1.82) is 0 Å². The number of aliphatic hydroxyl groups is 1. The quantitative estimate of drug-likeness (QED) is 0.367. The van der Waals surface area contributed by atoms with Gasteiger partial charge in [0, 0.05) is 6.54 Å². The highest BCUT2D eigenvalue weighted by Crippen LogP contribution is 2.03. The summed E-state index contributed by atoms with van der Waals surface area (Å²) in [5.74, 6) is -0.599. The standard InChI is InChI=1S/C22H30N4O3/c23-19(13-16-7-3-1-4-8-16)21(28)25-12-11-18(15-27)26-22(29)20(24)14-17-9-5-2-6-10-17/h1-10,18-20,27H,11-15,23-24H2,(H,25,28)(H,26,29)/t18-,19-,20-/m0/s1. The maximum Gasteiger partial charge on any atom is 0.237 e. The molecule has 156 valence electrons. The molecule has 0 aliphatic carbocycles. The summed E-state index contributed by atoms with van der Waals surface area (Å²) in [7, 11) is 0. The first-order valence-corrected chi connectivity index (χ1v) is 9.77. The number of benzene rings is 2. The van der Waals surface area contributed by atoms with Crippen LogP contribution >= 0.6 is 0 Å². The highest BCUT2D eigenvalue weighted by atomic mass is 16.3. The van der Waals surface area contributed by atoms with Crippen LogP contribution in [0, 0.1) is 0 Å². The smallest absolute Gasteiger partial charge is 0.237 e. The lowest BCUT2D eigenvalue weighted by Gasteiger charge is -2.20. The van der Waals surface area contributed by atoms with Crippen molar-refractivity contribution in [3.05, 3.63) is 71.8 Å². The minimum absolute atomic E-state index is 0.240. The number of nitrogens with two attached hydrogens (primary N) is 2. The minimum atomic E-state index is -0.708. The zero-order valence-corrected chi connectivity index (χ0v) is 16.5. The lowest BCUT2D eigenvalue weighted by Crippen LogP contribution is -2.49. The van der Waals surface area contributed by atoms with E-state index in [1.54, 1.807) is 0 Å². The highest BCUT2D eigenvalue weighted by Gasteiger charge is 2.19. The summed E-state index contributed by atoms with van der Waals surface area (Å²) in [6.45, 7) is 0.0521. The SMILES string of the molecule is N[C@@H](Cc1ccccc1)C(=O)NCC[C@@H](CO)NC(=O)[C@@H](N)Cc1ccccc1. The summed E-state index contributed by atoms with van der Waals surface area (Å²) >= 11 is 0. The Morgan fingerprint density at radius 3 is 1.79 bits per heavy atom. The number of carbonyl (C=O) groups is 2. The average molecular weight is 399 g/mol. The number of carbonyl (C=O) groups excluding carboxylic acids is 2. The van der Waals surface area contributed by atoms with E-state index in [2.05, 4.69) is 10.6 Å². The van der Waals surface area contributed by atoms with Gasteiger partial charge in [-0.05, 0) is 30.4 Å². The second-order valence-electron chi connectivity index (χ2n) is 7.06. The summed E-state index contributed by atoms with van der Waals surface area (Å²) in [6, 6.07) is 17.2. The molecule has 0 saturated carbocycles. The molecule has 2 aromatic carbocycles. The predicted octanol–water partition coefficient (Wildman–Crippen LogP) is 0.110. The molecule has 0 aliphatic rings. The summed E-state index contributed by atoms with van der Waals surface area (Å²) in [4.78, 5) is 24.4. The van der Waals surface area contributed by atoms with E-state index in [9.17, 15) is 14.7 Å². The summed E-state index contributed by atoms with van der Waals surface area (Å²) in [6.07, 6.45) is 1.24. The molecule has 0 bridgehead atoms. The molecule has 0 unspecified atom stereocenters. The van der Waals surface area contributed by atoms with Crippen LogP contribution in [0.1, 0.15) is 17.5 Å². The van der Waals surface area contributed by atoms with Crippen molar-refractivity contribution in [3.8, 4) is 0 Å². The van der Waals surface area contributed by atoms with Crippen molar-refractivity contribution in [3.63, 3.8) is 0 Å². The molecule has 29 heavy (non-hydrogen) atoms. The Balaban J connectivity index is 1.72. The van der Waals surface area contributed by atoms with E-state index in [0.717, 1.165) is 11.1 Å². The van der Waals surface area contributed by atoms with Gasteiger partial charge < -0.3 is 27.2 Å². The molecule has 7 nitrogen and oxygen atoms in total. The van der Waals surface area contributed by atoms with E-state index in [1.165, 1.54) is 0 Å². The van der Waals surface area contributed by atoms with E-state index in [0.29, 0.717) is 25.8 Å². The van der Waals surface area contributed by atoms with Gasteiger partial charge in [0.15, 0.2) is 0 Å². The zero-order valence-electron chi connectivity index (χ0n) is 16.5. The predicted molar refractivity (Wildman–Crippen MR) is 113 cm³/mol. The van der Waals surface area contributed by atoms with Gasteiger partial charge in [0.05, 0.1) is 24.7 Å². The van der Waals surface area contributed by atoms with Crippen molar-refractivity contribution >= 4 is 11.8 Å². The van der Waals surface area contributed by atoms with Gasteiger partial charge in [-0.15, -0.1) is 0 Å². The molecule has 0 aromatic heterocycles. The first kappa shape index (κ1) is 22.5. The molecular formula is C22H30N4O3. The molecule has 0 saturated heterocycles. The fourth-order valence-electron chi connectivity index (χ4n) is 2.94. The third kappa shape index (κ3) is 8.03. The fourth-order valence-corrected chi connectivity index (χ4v) is 2.94. The number of nitrogens with one attached hydrogen (secondary N) is 2. The lowest BCUT2D eigenvalue weighted by atomic mass is 10.1. The van der Waals surface area contributed by atoms with Crippen LogP contribution in [0.2, 0.25) is 0 Å². The van der Waals surface area contributed by atoms with Crippen LogP contribution in [0.5, 0.6) is 0 Å². The highest BCUT2D eigenvalue weighted by molar-refractivity contribution is 5.82.